The molecule has 1 N–H and O–H groups in total. The summed E-state index contributed by atoms with van der Waals surface area (Å²) >= 11 is 0. The van der Waals surface area contributed by atoms with Crippen LogP contribution >= 0.6 is 0 Å². The van der Waals surface area contributed by atoms with E-state index in [4.69, 9.17) is 4.74 Å². The van der Waals surface area contributed by atoms with Gasteiger partial charge in [0.05, 0.1) is 18.2 Å². The van der Waals surface area contributed by atoms with Crippen LogP contribution in [0.15, 0.2) is 96.6 Å². The van der Waals surface area contributed by atoms with Gasteiger partial charge in [-0.05, 0) is 46.9 Å². The summed E-state index contributed by atoms with van der Waals surface area (Å²) in [6, 6.07) is 27.9. The van der Waals surface area contributed by atoms with Gasteiger partial charge in [0.2, 0.25) is 0 Å². The zero-order valence-electron chi connectivity index (χ0n) is 21.8. The maximum Gasteiger partial charge on any atom is 0.295 e. The molecule has 1 amide bonds. The van der Waals surface area contributed by atoms with Gasteiger partial charge in [0.25, 0.3) is 11.7 Å². The number of aliphatic hydroxyl groups excluding tert-OH is 1. The first-order valence-corrected chi connectivity index (χ1v) is 12.9. The third-order valence-electron chi connectivity index (χ3n) is 6.80. The number of rotatable bonds is 7. The molecular weight excluding hydrogens is 474 g/mol. The lowest BCUT2D eigenvalue weighted by Gasteiger charge is -2.26. The molecule has 1 fully saturated rings. The van der Waals surface area contributed by atoms with Crippen molar-refractivity contribution in [1.29, 1.82) is 0 Å². The Morgan fingerprint density at radius 1 is 0.921 bits per heavy atom. The van der Waals surface area contributed by atoms with Gasteiger partial charge in [-0.2, -0.15) is 0 Å². The Balaban J connectivity index is 1.58. The molecule has 38 heavy (non-hydrogen) atoms. The van der Waals surface area contributed by atoms with Crippen molar-refractivity contribution in [2.24, 2.45) is 5.92 Å². The topological polar surface area (TPSA) is 66.8 Å². The van der Waals surface area contributed by atoms with E-state index < -0.39 is 17.7 Å². The van der Waals surface area contributed by atoms with Crippen LogP contribution in [0.5, 0.6) is 5.75 Å². The molecule has 192 valence electrons. The lowest BCUT2D eigenvalue weighted by atomic mass is 9.92. The molecule has 0 spiro atoms. The van der Waals surface area contributed by atoms with Crippen molar-refractivity contribution in [3.63, 3.8) is 0 Å². The van der Waals surface area contributed by atoms with Crippen LogP contribution in [0.2, 0.25) is 0 Å². The summed E-state index contributed by atoms with van der Waals surface area (Å²) < 4.78 is 5.79. The lowest BCUT2D eigenvalue weighted by Crippen LogP contribution is -2.29. The summed E-state index contributed by atoms with van der Waals surface area (Å²) in [5.74, 6) is -0.294. The van der Waals surface area contributed by atoms with Gasteiger partial charge >= 0.3 is 0 Å². The Morgan fingerprint density at radius 2 is 1.63 bits per heavy atom. The minimum absolute atomic E-state index is 0.105. The first-order valence-electron chi connectivity index (χ1n) is 12.9. The van der Waals surface area contributed by atoms with Crippen molar-refractivity contribution >= 4 is 28.2 Å². The van der Waals surface area contributed by atoms with Crippen LogP contribution in [0.3, 0.4) is 0 Å². The Hall–Kier alpha value is -4.38. The van der Waals surface area contributed by atoms with Crippen molar-refractivity contribution in [1.82, 2.24) is 4.90 Å². The molecule has 0 saturated carbocycles. The zero-order chi connectivity index (χ0) is 26.8. The molecule has 4 aromatic carbocycles. The van der Waals surface area contributed by atoms with Gasteiger partial charge in [-0.25, -0.2) is 0 Å². The van der Waals surface area contributed by atoms with Gasteiger partial charge in [0.1, 0.15) is 11.5 Å². The standard InChI is InChI=1S/C33H31NO4/c1-21(2)20-38-26-16-14-23(15-17-26)19-34-30(25-11-6-8-22(3)18-25)29(32(36)33(34)37)31(35)28-13-7-10-24-9-4-5-12-27(24)28/h4-18,21,30,35H,19-20H2,1-3H3/b31-29-. The van der Waals surface area contributed by atoms with Crippen LogP contribution in [0.1, 0.15) is 42.1 Å². The summed E-state index contributed by atoms with van der Waals surface area (Å²) in [7, 11) is 0. The molecule has 1 heterocycles. The number of hydrogen-bond donors (Lipinski definition) is 1. The van der Waals surface area contributed by atoms with E-state index in [0.29, 0.717) is 18.1 Å². The third kappa shape index (κ3) is 4.92. The number of aryl methyl sites for hydroxylation is 1. The smallest absolute Gasteiger partial charge is 0.295 e. The number of benzene rings is 4. The highest BCUT2D eigenvalue weighted by Crippen LogP contribution is 2.41. The SMILES string of the molecule is Cc1cccc(C2/C(=C(/O)c3cccc4ccccc34)C(=O)C(=O)N2Cc2ccc(OCC(C)C)cc2)c1. The third-order valence-corrected chi connectivity index (χ3v) is 6.80. The molecule has 1 aliphatic rings. The van der Waals surface area contributed by atoms with E-state index in [0.717, 1.165) is 33.2 Å². The molecular formula is C33H31NO4. The average Bonchev–Trinajstić information content (AvgIpc) is 3.17. The van der Waals surface area contributed by atoms with E-state index in [1.165, 1.54) is 0 Å². The van der Waals surface area contributed by atoms with Crippen molar-refractivity contribution in [3.8, 4) is 5.75 Å². The minimum Gasteiger partial charge on any atom is -0.507 e. The maximum absolute atomic E-state index is 13.5. The van der Waals surface area contributed by atoms with Crippen molar-refractivity contribution in [2.45, 2.75) is 33.4 Å². The number of likely N-dealkylation sites (tertiary alicyclic amines) is 1. The van der Waals surface area contributed by atoms with Gasteiger partial charge in [-0.15, -0.1) is 0 Å². The fourth-order valence-electron chi connectivity index (χ4n) is 4.96. The predicted octanol–water partition coefficient (Wildman–Crippen LogP) is 6.80. The molecule has 5 heteroatoms. The number of amides is 1. The summed E-state index contributed by atoms with van der Waals surface area (Å²) in [6.45, 7) is 6.99. The van der Waals surface area contributed by atoms with E-state index in [1.54, 1.807) is 11.0 Å². The van der Waals surface area contributed by atoms with Crippen molar-refractivity contribution < 1.29 is 19.4 Å². The van der Waals surface area contributed by atoms with Crippen LogP contribution in [0.25, 0.3) is 16.5 Å². The summed E-state index contributed by atoms with van der Waals surface area (Å²) in [4.78, 5) is 28.5. The molecule has 0 aromatic heterocycles. The van der Waals surface area contributed by atoms with Crippen LogP contribution in [0, 0.1) is 12.8 Å². The van der Waals surface area contributed by atoms with Crippen molar-refractivity contribution in [2.75, 3.05) is 6.61 Å². The highest BCUT2D eigenvalue weighted by atomic mass is 16.5. The molecule has 0 aliphatic carbocycles. The summed E-state index contributed by atoms with van der Waals surface area (Å²) in [6.07, 6.45) is 0. The minimum atomic E-state index is -0.717. The number of hydrogen-bond acceptors (Lipinski definition) is 4. The highest BCUT2D eigenvalue weighted by molar-refractivity contribution is 6.46. The summed E-state index contributed by atoms with van der Waals surface area (Å²) in [5, 5.41) is 13.4. The zero-order valence-corrected chi connectivity index (χ0v) is 21.8. The maximum atomic E-state index is 13.5. The molecule has 1 saturated heterocycles. The van der Waals surface area contributed by atoms with E-state index >= 15 is 0 Å². The van der Waals surface area contributed by atoms with Gasteiger partial charge in [0.15, 0.2) is 0 Å². The second-order valence-corrected chi connectivity index (χ2v) is 10.2. The first-order chi connectivity index (χ1) is 18.3. The first kappa shape index (κ1) is 25.3. The Morgan fingerprint density at radius 3 is 2.37 bits per heavy atom. The van der Waals surface area contributed by atoms with E-state index in [9.17, 15) is 14.7 Å². The van der Waals surface area contributed by atoms with Gasteiger partial charge in [0, 0.05) is 12.1 Å². The van der Waals surface area contributed by atoms with Gasteiger partial charge in [-0.1, -0.05) is 98.3 Å². The molecule has 5 rings (SSSR count). The van der Waals surface area contributed by atoms with E-state index in [2.05, 4.69) is 13.8 Å². The fraction of sp³-hybridized carbons (Fsp3) is 0.212. The number of carbonyl (C=O) groups is 2. The number of ketones is 1. The predicted molar refractivity (Wildman–Crippen MR) is 150 cm³/mol. The Bertz CT molecular complexity index is 1530. The van der Waals surface area contributed by atoms with Crippen LogP contribution in [0.4, 0.5) is 0 Å². The van der Waals surface area contributed by atoms with E-state index in [-0.39, 0.29) is 17.9 Å². The fourth-order valence-corrected chi connectivity index (χ4v) is 4.96. The monoisotopic (exact) mass is 505 g/mol. The quantitative estimate of drug-likeness (QED) is 0.170. The van der Waals surface area contributed by atoms with Crippen LogP contribution in [-0.4, -0.2) is 28.3 Å². The lowest BCUT2D eigenvalue weighted by molar-refractivity contribution is -0.140. The highest BCUT2D eigenvalue weighted by Gasteiger charge is 2.46. The number of nitrogens with zero attached hydrogens (tertiary/aromatic N) is 1. The molecule has 0 bridgehead atoms. The Kier molecular flexibility index (Phi) is 7.01. The molecule has 4 aromatic rings. The molecule has 1 aliphatic heterocycles. The molecule has 5 nitrogen and oxygen atoms in total. The van der Waals surface area contributed by atoms with Crippen LogP contribution in [-0.2, 0) is 16.1 Å². The van der Waals surface area contributed by atoms with Crippen LogP contribution < -0.4 is 4.74 Å². The number of aliphatic hydroxyl groups is 1. The van der Waals surface area contributed by atoms with E-state index in [1.807, 2.05) is 91.9 Å². The largest absolute Gasteiger partial charge is 0.507 e. The number of fused-ring (bicyclic) bond motifs is 1. The molecule has 1 atom stereocenters. The molecule has 0 radical (unpaired) electrons. The normalized spacial score (nSPS) is 16.9. The molecule has 1 unspecified atom stereocenters. The number of ether oxygens (including phenoxy) is 1. The second kappa shape index (κ2) is 10.5. The average molecular weight is 506 g/mol. The number of carbonyl (C=O) groups excluding carboxylic acids is 2. The second-order valence-electron chi connectivity index (χ2n) is 10.2. The number of Topliss-reactive ketones (excluding diaryl/α,β-unsaturated/α-hetero) is 1. The summed E-state index contributed by atoms with van der Waals surface area (Å²) in [5.41, 5.74) is 3.29. The van der Waals surface area contributed by atoms with Crippen molar-refractivity contribution in [3.05, 3.63) is 119 Å². The Labute approximate surface area is 223 Å². The van der Waals surface area contributed by atoms with Gasteiger partial charge in [-0.3, -0.25) is 9.59 Å². The van der Waals surface area contributed by atoms with Gasteiger partial charge < -0.3 is 14.7 Å².